The summed E-state index contributed by atoms with van der Waals surface area (Å²) < 4.78 is 0. The second kappa shape index (κ2) is 5.77. The Morgan fingerprint density at radius 3 is 2.76 bits per heavy atom. The predicted molar refractivity (Wildman–Crippen MR) is 58.4 cm³/mol. The lowest BCUT2D eigenvalue weighted by Crippen LogP contribution is -2.13. The van der Waals surface area contributed by atoms with Gasteiger partial charge in [-0.2, -0.15) is 5.26 Å². The van der Waals surface area contributed by atoms with Gasteiger partial charge in [-0.15, -0.1) is 0 Å². The van der Waals surface area contributed by atoms with Crippen molar-refractivity contribution in [3.05, 3.63) is 34.9 Å². The highest BCUT2D eigenvalue weighted by Gasteiger charge is 2.19. The van der Waals surface area contributed by atoms with Crippen molar-refractivity contribution in [1.29, 1.82) is 5.26 Å². The third kappa shape index (κ3) is 3.13. The highest BCUT2D eigenvalue weighted by Crippen LogP contribution is 2.21. The van der Waals surface area contributed by atoms with Crippen LogP contribution in [0.15, 0.2) is 18.2 Å². The minimum absolute atomic E-state index is 0.164. The molecule has 0 radical (unpaired) electrons. The van der Waals surface area contributed by atoms with Crippen molar-refractivity contribution in [3.8, 4) is 6.07 Å². The van der Waals surface area contributed by atoms with Gasteiger partial charge in [-0.05, 0) is 23.6 Å². The first kappa shape index (κ1) is 12.9. The smallest absolute Gasteiger partial charge is 0.337 e. The second-order valence-corrected chi connectivity index (χ2v) is 3.47. The Bertz CT molecular complexity index is 476. The van der Waals surface area contributed by atoms with Gasteiger partial charge in [0.2, 0.25) is 0 Å². The van der Waals surface area contributed by atoms with Crippen LogP contribution in [0.4, 0.5) is 0 Å². The average Bonchev–Trinajstić information content (AvgIpc) is 2.35. The largest absolute Gasteiger partial charge is 0.479 e. The summed E-state index contributed by atoms with van der Waals surface area (Å²) >= 11 is 0. The van der Waals surface area contributed by atoms with Gasteiger partial charge in [0.1, 0.15) is 6.29 Å². The molecule has 0 saturated carbocycles. The highest BCUT2D eigenvalue weighted by atomic mass is 16.4. The number of carboxylic acids is 1. The normalized spacial score (nSPS) is 11.5. The van der Waals surface area contributed by atoms with Crippen molar-refractivity contribution < 1.29 is 19.8 Å². The molecule has 0 aliphatic rings. The minimum atomic E-state index is -1.68. The van der Waals surface area contributed by atoms with Gasteiger partial charge in [-0.1, -0.05) is 12.1 Å². The molecule has 0 spiro atoms. The zero-order chi connectivity index (χ0) is 12.8. The standard InChI is InChI=1S/C12H11NO4/c13-5-1-2-9-4-3-8(7-14)6-10(9)11(15)12(16)17/h3-4,6-7,11,15H,1-2H2,(H,16,17). The van der Waals surface area contributed by atoms with E-state index in [-0.39, 0.29) is 12.0 Å². The molecule has 2 N–H and O–H groups in total. The molecule has 0 aliphatic heterocycles. The molecule has 0 saturated heterocycles. The lowest BCUT2D eigenvalue weighted by atomic mass is 9.96. The third-order valence-electron chi connectivity index (χ3n) is 2.34. The molecule has 0 heterocycles. The number of carbonyl (C=O) groups is 2. The molecule has 1 aromatic rings. The molecule has 1 atom stereocenters. The molecule has 1 rings (SSSR count). The lowest BCUT2D eigenvalue weighted by Gasteiger charge is -2.12. The van der Waals surface area contributed by atoms with E-state index in [0.29, 0.717) is 23.8 Å². The Kier molecular flexibility index (Phi) is 4.37. The van der Waals surface area contributed by atoms with Crippen molar-refractivity contribution >= 4 is 12.3 Å². The summed E-state index contributed by atoms with van der Waals surface area (Å²) in [5.41, 5.74) is 1.02. The number of aliphatic carboxylic acids is 1. The minimum Gasteiger partial charge on any atom is -0.479 e. The number of rotatable bonds is 5. The van der Waals surface area contributed by atoms with Gasteiger partial charge in [-0.25, -0.2) is 4.79 Å². The van der Waals surface area contributed by atoms with Gasteiger partial charge in [0.05, 0.1) is 6.07 Å². The van der Waals surface area contributed by atoms with Gasteiger partial charge >= 0.3 is 5.97 Å². The molecule has 0 bridgehead atoms. The number of carboxylic acid groups (broad SMARTS) is 1. The fourth-order valence-corrected chi connectivity index (χ4v) is 1.49. The van der Waals surface area contributed by atoms with Gasteiger partial charge in [0.15, 0.2) is 6.10 Å². The van der Waals surface area contributed by atoms with Crippen LogP contribution in [0, 0.1) is 11.3 Å². The Morgan fingerprint density at radius 2 is 2.24 bits per heavy atom. The molecular formula is C12H11NO4. The van der Waals surface area contributed by atoms with Crippen LogP contribution in [0.1, 0.15) is 34.0 Å². The number of benzene rings is 1. The van der Waals surface area contributed by atoms with E-state index >= 15 is 0 Å². The number of carbonyl (C=O) groups excluding carboxylic acids is 1. The zero-order valence-corrected chi connectivity index (χ0v) is 8.96. The number of aliphatic hydroxyl groups excluding tert-OH is 1. The number of aldehydes is 1. The van der Waals surface area contributed by atoms with Crippen molar-refractivity contribution in [2.45, 2.75) is 18.9 Å². The van der Waals surface area contributed by atoms with E-state index in [2.05, 4.69) is 0 Å². The summed E-state index contributed by atoms with van der Waals surface area (Å²) in [6.45, 7) is 0. The van der Waals surface area contributed by atoms with Crippen LogP contribution in [-0.4, -0.2) is 22.5 Å². The summed E-state index contributed by atoms with van der Waals surface area (Å²) in [4.78, 5) is 21.3. The first-order valence-electron chi connectivity index (χ1n) is 4.96. The van der Waals surface area contributed by atoms with E-state index in [1.807, 2.05) is 6.07 Å². The summed E-state index contributed by atoms with van der Waals surface area (Å²) in [6.07, 6.45) is -0.537. The first-order chi connectivity index (χ1) is 8.10. The summed E-state index contributed by atoms with van der Waals surface area (Å²) in [5, 5.41) is 26.7. The van der Waals surface area contributed by atoms with Crippen LogP contribution in [0.2, 0.25) is 0 Å². The lowest BCUT2D eigenvalue weighted by molar-refractivity contribution is -0.147. The Morgan fingerprint density at radius 1 is 1.53 bits per heavy atom. The van der Waals surface area contributed by atoms with E-state index in [0.717, 1.165) is 0 Å². The monoisotopic (exact) mass is 233 g/mol. The number of hydrogen-bond acceptors (Lipinski definition) is 4. The second-order valence-electron chi connectivity index (χ2n) is 3.47. The maximum Gasteiger partial charge on any atom is 0.337 e. The molecule has 5 nitrogen and oxygen atoms in total. The Hall–Kier alpha value is -2.19. The van der Waals surface area contributed by atoms with Gasteiger partial charge in [0, 0.05) is 12.0 Å². The van der Waals surface area contributed by atoms with E-state index in [1.54, 1.807) is 6.07 Å². The quantitative estimate of drug-likeness (QED) is 0.741. The topological polar surface area (TPSA) is 98.4 Å². The molecule has 17 heavy (non-hydrogen) atoms. The van der Waals surface area contributed by atoms with Crippen molar-refractivity contribution in [3.63, 3.8) is 0 Å². The van der Waals surface area contributed by atoms with E-state index in [4.69, 9.17) is 10.4 Å². The van der Waals surface area contributed by atoms with Gasteiger partial charge in [-0.3, -0.25) is 4.79 Å². The fourth-order valence-electron chi connectivity index (χ4n) is 1.49. The molecule has 1 aromatic carbocycles. The van der Waals surface area contributed by atoms with E-state index < -0.39 is 12.1 Å². The van der Waals surface area contributed by atoms with Crippen LogP contribution in [0.25, 0.3) is 0 Å². The third-order valence-corrected chi connectivity index (χ3v) is 2.34. The fraction of sp³-hybridized carbons (Fsp3) is 0.250. The number of nitriles is 1. The van der Waals surface area contributed by atoms with Crippen LogP contribution in [0.5, 0.6) is 0 Å². The zero-order valence-electron chi connectivity index (χ0n) is 8.96. The summed E-state index contributed by atoms with van der Waals surface area (Å²) in [5.74, 6) is -1.38. The number of nitrogens with zero attached hydrogens (tertiary/aromatic N) is 1. The predicted octanol–water partition coefficient (Wildman–Crippen LogP) is 1.07. The Labute approximate surface area is 97.9 Å². The molecule has 88 valence electrons. The Balaban J connectivity index is 3.16. The number of aliphatic hydroxyl groups is 1. The molecular weight excluding hydrogens is 222 g/mol. The molecule has 0 fully saturated rings. The first-order valence-corrected chi connectivity index (χ1v) is 4.96. The van der Waals surface area contributed by atoms with Gasteiger partial charge in [0.25, 0.3) is 0 Å². The molecule has 5 heteroatoms. The van der Waals surface area contributed by atoms with Crippen LogP contribution in [-0.2, 0) is 11.2 Å². The summed E-state index contributed by atoms with van der Waals surface area (Å²) in [6, 6.07) is 6.36. The van der Waals surface area contributed by atoms with Crippen LogP contribution < -0.4 is 0 Å². The number of hydrogen-bond donors (Lipinski definition) is 2. The van der Waals surface area contributed by atoms with Crippen molar-refractivity contribution in [2.75, 3.05) is 0 Å². The summed E-state index contributed by atoms with van der Waals surface area (Å²) in [7, 11) is 0. The highest BCUT2D eigenvalue weighted by molar-refractivity contribution is 5.79. The van der Waals surface area contributed by atoms with Crippen molar-refractivity contribution in [1.82, 2.24) is 0 Å². The maximum absolute atomic E-state index is 10.7. The molecule has 0 aromatic heterocycles. The molecule has 0 amide bonds. The average molecular weight is 233 g/mol. The SMILES string of the molecule is N#CCCc1ccc(C=O)cc1C(O)C(=O)O. The number of aryl methyl sites for hydroxylation is 1. The van der Waals surface area contributed by atoms with Crippen LogP contribution in [0.3, 0.4) is 0 Å². The van der Waals surface area contributed by atoms with Gasteiger partial charge < -0.3 is 10.2 Å². The maximum atomic E-state index is 10.7. The molecule has 0 aliphatic carbocycles. The molecule has 1 unspecified atom stereocenters. The van der Waals surface area contributed by atoms with E-state index in [9.17, 15) is 14.7 Å². The van der Waals surface area contributed by atoms with Crippen molar-refractivity contribution in [2.24, 2.45) is 0 Å². The van der Waals surface area contributed by atoms with E-state index in [1.165, 1.54) is 12.1 Å². The van der Waals surface area contributed by atoms with Crippen LogP contribution >= 0.6 is 0 Å².